The van der Waals surface area contributed by atoms with Crippen molar-refractivity contribution in [1.82, 2.24) is 14.9 Å². The number of anilines is 1. The number of fused-ring (bicyclic) bond motifs is 4. The van der Waals surface area contributed by atoms with E-state index in [0.717, 1.165) is 44.1 Å². The summed E-state index contributed by atoms with van der Waals surface area (Å²) in [6.07, 6.45) is 7.43. The number of aryl methyl sites for hydroxylation is 2. The molecular weight excluding hydrogens is 304 g/mol. The van der Waals surface area contributed by atoms with Crippen LogP contribution in [0, 0.1) is 19.8 Å². The molecule has 3 fully saturated rings. The molecule has 6 nitrogen and oxygen atoms in total. The Morgan fingerprint density at radius 3 is 2.79 bits per heavy atom. The molecule has 126 valence electrons. The Morgan fingerprint density at radius 1 is 1.21 bits per heavy atom. The van der Waals surface area contributed by atoms with Crippen molar-refractivity contribution in [1.29, 1.82) is 0 Å². The number of piperidine rings is 1. The average molecular weight is 326 g/mol. The summed E-state index contributed by atoms with van der Waals surface area (Å²) in [5, 5.41) is 0. The van der Waals surface area contributed by atoms with Crippen molar-refractivity contribution in [3.63, 3.8) is 0 Å². The van der Waals surface area contributed by atoms with E-state index >= 15 is 0 Å². The number of rotatable bonds is 2. The predicted octanol–water partition coefficient (Wildman–Crippen LogP) is 2.43. The van der Waals surface area contributed by atoms with Gasteiger partial charge < -0.3 is 14.2 Å². The second kappa shape index (κ2) is 5.92. The number of hydrogen-bond donors (Lipinski definition) is 0. The molecule has 0 spiro atoms. The Labute approximate surface area is 141 Å². The summed E-state index contributed by atoms with van der Waals surface area (Å²) in [7, 11) is 0. The summed E-state index contributed by atoms with van der Waals surface area (Å²) < 4.78 is 5.55. The molecule has 2 aromatic heterocycles. The lowest BCUT2D eigenvalue weighted by atomic mass is 9.94. The van der Waals surface area contributed by atoms with E-state index in [1.54, 1.807) is 18.6 Å². The van der Waals surface area contributed by atoms with Crippen LogP contribution in [0.5, 0.6) is 0 Å². The van der Waals surface area contributed by atoms with Crippen LogP contribution < -0.4 is 4.90 Å². The van der Waals surface area contributed by atoms with Crippen molar-refractivity contribution in [3.05, 3.63) is 41.7 Å². The van der Waals surface area contributed by atoms with Crippen molar-refractivity contribution >= 4 is 11.7 Å². The van der Waals surface area contributed by atoms with Crippen LogP contribution in [0.3, 0.4) is 0 Å². The van der Waals surface area contributed by atoms with Gasteiger partial charge in [-0.3, -0.25) is 9.78 Å². The van der Waals surface area contributed by atoms with Crippen molar-refractivity contribution in [2.45, 2.75) is 32.7 Å². The van der Waals surface area contributed by atoms with Crippen LogP contribution in [-0.4, -0.2) is 46.5 Å². The number of nitrogens with zero attached hydrogens (tertiary/aromatic N) is 4. The van der Waals surface area contributed by atoms with Gasteiger partial charge in [-0.1, -0.05) is 0 Å². The third-order valence-electron chi connectivity index (χ3n) is 5.12. The van der Waals surface area contributed by atoms with Crippen LogP contribution in [0.2, 0.25) is 0 Å². The second-order valence-corrected chi connectivity index (χ2v) is 6.85. The summed E-state index contributed by atoms with van der Waals surface area (Å²) in [5.74, 6) is 2.97. The Morgan fingerprint density at radius 2 is 2.08 bits per heavy atom. The zero-order valence-electron chi connectivity index (χ0n) is 14.1. The molecule has 2 bridgehead atoms. The number of carbonyl (C=O) groups excluding carboxylic acids is 1. The molecule has 3 saturated heterocycles. The van der Waals surface area contributed by atoms with Gasteiger partial charge in [0, 0.05) is 38.1 Å². The lowest BCUT2D eigenvalue weighted by Gasteiger charge is -2.36. The third kappa shape index (κ3) is 2.66. The fourth-order valence-electron chi connectivity index (χ4n) is 3.97. The average Bonchev–Trinajstić information content (AvgIpc) is 2.78. The van der Waals surface area contributed by atoms with Gasteiger partial charge in [0.15, 0.2) is 0 Å². The van der Waals surface area contributed by atoms with Crippen LogP contribution in [0.1, 0.15) is 34.7 Å². The molecule has 0 radical (unpaired) electrons. The molecule has 1 amide bonds. The van der Waals surface area contributed by atoms with Crippen LogP contribution in [-0.2, 0) is 0 Å². The number of carbonyl (C=O) groups is 1. The normalized spacial score (nSPS) is 23.4. The van der Waals surface area contributed by atoms with Gasteiger partial charge in [0.25, 0.3) is 5.91 Å². The highest BCUT2D eigenvalue weighted by molar-refractivity contribution is 5.95. The number of hydrogen-bond acceptors (Lipinski definition) is 5. The monoisotopic (exact) mass is 326 g/mol. The van der Waals surface area contributed by atoms with Gasteiger partial charge in [-0.2, -0.15) is 0 Å². The molecule has 3 aliphatic heterocycles. The lowest BCUT2D eigenvalue weighted by molar-refractivity contribution is 0.0590. The van der Waals surface area contributed by atoms with Gasteiger partial charge in [0.2, 0.25) is 0 Å². The molecule has 0 N–H and O–H groups in total. The van der Waals surface area contributed by atoms with E-state index in [4.69, 9.17) is 4.42 Å². The van der Waals surface area contributed by atoms with Crippen LogP contribution in [0.15, 0.2) is 29.1 Å². The minimum Gasteiger partial charge on any atom is -0.466 e. The smallest absolute Gasteiger partial charge is 0.257 e. The van der Waals surface area contributed by atoms with Crippen molar-refractivity contribution in [3.8, 4) is 0 Å². The first-order valence-corrected chi connectivity index (χ1v) is 8.51. The molecule has 0 aliphatic carbocycles. The zero-order chi connectivity index (χ0) is 16.7. The van der Waals surface area contributed by atoms with Crippen LogP contribution >= 0.6 is 0 Å². The van der Waals surface area contributed by atoms with E-state index in [0.29, 0.717) is 17.2 Å². The number of amides is 1. The number of aromatic nitrogens is 2. The fourth-order valence-corrected chi connectivity index (χ4v) is 3.97. The third-order valence-corrected chi connectivity index (χ3v) is 5.12. The van der Waals surface area contributed by atoms with Gasteiger partial charge in [0.1, 0.15) is 17.3 Å². The highest BCUT2D eigenvalue weighted by Gasteiger charge is 2.38. The van der Waals surface area contributed by atoms with Gasteiger partial charge in [-0.15, -0.1) is 0 Å². The molecule has 0 aromatic carbocycles. The molecule has 0 saturated carbocycles. The maximum Gasteiger partial charge on any atom is 0.257 e. The Bertz CT molecular complexity index is 743. The molecule has 2 aromatic rings. The van der Waals surface area contributed by atoms with E-state index in [-0.39, 0.29) is 11.9 Å². The highest BCUT2D eigenvalue weighted by atomic mass is 16.3. The second-order valence-electron chi connectivity index (χ2n) is 6.85. The topological polar surface area (TPSA) is 62.5 Å². The molecule has 0 unspecified atom stereocenters. The van der Waals surface area contributed by atoms with Crippen LogP contribution in [0.4, 0.5) is 5.82 Å². The molecule has 5 heterocycles. The van der Waals surface area contributed by atoms with E-state index in [1.165, 1.54) is 0 Å². The Kier molecular flexibility index (Phi) is 3.75. The summed E-state index contributed by atoms with van der Waals surface area (Å²) in [6, 6.07) is 2.07. The number of furan rings is 1. The van der Waals surface area contributed by atoms with E-state index in [2.05, 4.69) is 14.9 Å². The quantitative estimate of drug-likeness (QED) is 0.848. The summed E-state index contributed by atoms with van der Waals surface area (Å²) >= 11 is 0. The molecule has 3 aliphatic rings. The molecule has 6 heteroatoms. The van der Waals surface area contributed by atoms with Gasteiger partial charge in [-0.25, -0.2) is 4.98 Å². The minimum atomic E-state index is 0.0973. The van der Waals surface area contributed by atoms with Gasteiger partial charge in [0.05, 0.1) is 11.8 Å². The predicted molar refractivity (Wildman–Crippen MR) is 90.0 cm³/mol. The zero-order valence-corrected chi connectivity index (χ0v) is 14.1. The van der Waals surface area contributed by atoms with E-state index in [9.17, 15) is 4.79 Å². The Hall–Kier alpha value is -2.37. The SMILES string of the molecule is Cc1cc(C(=O)N2C[C@H]3CC[C@@H]2CN(c2cnccn2)C3)c(C)o1. The van der Waals surface area contributed by atoms with E-state index in [1.807, 2.05) is 24.8 Å². The van der Waals surface area contributed by atoms with Crippen molar-refractivity contribution < 1.29 is 9.21 Å². The minimum absolute atomic E-state index is 0.0973. The lowest BCUT2D eigenvalue weighted by Crippen LogP contribution is -2.47. The maximum absolute atomic E-state index is 13.0. The van der Waals surface area contributed by atoms with Crippen molar-refractivity contribution in [2.75, 3.05) is 24.5 Å². The van der Waals surface area contributed by atoms with Gasteiger partial charge >= 0.3 is 0 Å². The van der Waals surface area contributed by atoms with E-state index < -0.39 is 0 Å². The first kappa shape index (κ1) is 15.2. The van der Waals surface area contributed by atoms with Gasteiger partial charge in [-0.05, 0) is 38.7 Å². The Balaban J connectivity index is 1.59. The first-order valence-electron chi connectivity index (χ1n) is 8.51. The standard InChI is InChI=1S/C18H22N4O2/c1-12-7-16(13(2)24-12)18(23)22-10-14-3-4-15(22)11-21(9-14)17-8-19-5-6-20-17/h5-8,14-15H,3-4,9-11H2,1-2H3/t14-,15+/m0/s1. The van der Waals surface area contributed by atoms with Crippen LogP contribution in [0.25, 0.3) is 0 Å². The molecule has 24 heavy (non-hydrogen) atoms. The molecule has 2 atom stereocenters. The molecule has 5 rings (SSSR count). The first-order chi connectivity index (χ1) is 11.6. The summed E-state index contributed by atoms with van der Waals surface area (Å²) in [6.45, 7) is 6.31. The maximum atomic E-state index is 13.0. The molecular formula is C18H22N4O2. The summed E-state index contributed by atoms with van der Waals surface area (Å²) in [4.78, 5) is 26.0. The highest BCUT2D eigenvalue weighted by Crippen LogP contribution is 2.31. The fraction of sp³-hybridized carbons (Fsp3) is 0.500. The largest absolute Gasteiger partial charge is 0.466 e. The summed E-state index contributed by atoms with van der Waals surface area (Å²) in [5.41, 5.74) is 0.700. The van der Waals surface area contributed by atoms with Crippen molar-refractivity contribution in [2.24, 2.45) is 5.92 Å².